The molecule has 0 aliphatic heterocycles. The minimum absolute atomic E-state index is 0.316. The van der Waals surface area contributed by atoms with Gasteiger partial charge in [-0.05, 0) is 52.3 Å². The summed E-state index contributed by atoms with van der Waals surface area (Å²) in [6.45, 7) is 0. The summed E-state index contributed by atoms with van der Waals surface area (Å²) in [5, 5.41) is 4.10. The van der Waals surface area contributed by atoms with Crippen molar-refractivity contribution in [2.75, 3.05) is 5.32 Å². The average Bonchev–Trinajstić information content (AvgIpc) is 2.35. The first-order valence-corrected chi connectivity index (χ1v) is 7.11. The quantitative estimate of drug-likeness (QED) is 0.716. The van der Waals surface area contributed by atoms with E-state index in [2.05, 4.69) is 21.2 Å². The maximum atomic E-state index is 12.1. The first-order valence-electron chi connectivity index (χ1n) is 5.19. The van der Waals surface area contributed by atoms with E-state index < -0.39 is 0 Å². The molecule has 2 rings (SSSR count). The van der Waals surface area contributed by atoms with Crippen molar-refractivity contribution in [3.63, 3.8) is 0 Å². The molecule has 0 spiro atoms. The summed E-state index contributed by atoms with van der Waals surface area (Å²) < 4.78 is 0.687. The minimum atomic E-state index is -0.337. The lowest BCUT2D eigenvalue weighted by Gasteiger charge is -2.09. The molecule has 0 aliphatic carbocycles. The Kier molecular flexibility index (Phi) is 4.74. The molecule has 0 fully saturated rings. The van der Waals surface area contributed by atoms with Crippen LogP contribution in [0.5, 0.6) is 0 Å². The lowest BCUT2D eigenvalue weighted by molar-refractivity contribution is 0.102. The van der Waals surface area contributed by atoms with Gasteiger partial charge in [0.05, 0.1) is 16.3 Å². The molecular formula is C13H7BrCl3NO. The van der Waals surface area contributed by atoms with Crippen LogP contribution in [0, 0.1) is 0 Å². The molecule has 2 aromatic rings. The van der Waals surface area contributed by atoms with Gasteiger partial charge in [-0.2, -0.15) is 0 Å². The third kappa shape index (κ3) is 3.63. The molecule has 19 heavy (non-hydrogen) atoms. The summed E-state index contributed by atoms with van der Waals surface area (Å²) in [6, 6.07) is 9.79. The van der Waals surface area contributed by atoms with Gasteiger partial charge in [0, 0.05) is 14.5 Å². The molecule has 0 unspecified atom stereocenters. The van der Waals surface area contributed by atoms with Crippen LogP contribution in [0.4, 0.5) is 5.69 Å². The van der Waals surface area contributed by atoms with Crippen LogP contribution in [0.15, 0.2) is 40.9 Å². The van der Waals surface area contributed by atoms with Crippen LogP contribution in [-0.4, -0.2) is 5.91 Å². The second kappa shape index (κ2) is 6.14. The van der Waals surface area contributed by atoms with Crippen LogP contribution in [0.25, 0.3) is 0 Å². The number of carbonyl (C=O) groups excluding carboxylic acids is 1. The van der Waals surface area contributed by atoms with Crippen molar-refractivity contribution in [2.24, 2.45) is 0 Å². The number of nitrogens with one attached hydrogen (secondary N) is 1. The molecule has 2 nitrogen and oxygen atoms in total. The van der Waals surface area contributed by atoms with Crippen molar-refractivity contribution >= 4 is 62.3 Å². The summed E-state index contributed by atoms with van der Waals surface area (Å²) >= 11 is 21.0. The van der Waals surface area contributed by atoms with Crippen molar-refractivity contribution in [3.05, 3.63) is 61.5 Å². The molecule has 1 N–H and O–H groups in total. The van der Waals surface area contributed by atoms with Gasteiger partial charge in [0.1, 0.15) is 0 Å². The fourth-order valence-electron chi connectivity index (χ4n) is 1.45. The summed E-state index contributed by atoms with van der Waals surface area (Å²) in [6.07, 6.45) is 0. The molecule has 0 radical (unpaired) electrons. The topological polar surface area (TPSA) is 29.1 Å². The number of carbonyl (C=O) groups is 1. The molecule has 0 aliphatic rings. The van der Waals surface area contributed by atoms with E-state index in [4.69, 9.17) is 34.8 Å². The van der Waals surface area contributed by atoms with Crippen molar-refractivity contribution in [1.82, 2.24) is 0 Å². The van der Waals surface area contributed by atoms with E-state index in [0.29, 0.717) is 30.8 Å². The highest BCUT2D eigenvalue weighted by molar-refractivity contribution is 9.10. The molecule has 6 heteroatoms. The van der Waals surface area contributed by atoms with E-state index in [1.807, 2.05) is 0 Å². The second-order valence-electron chi connectivity index (χ2n) is 3.70. The Morgan fingerprint density at radius 2 is 1.63 bits per heavy atom. The number of hydrogen-bond donors (Lipinski definition) is 1. The van der Waals surface area contributed by atoms with E-state index in [9.17, 15) is 4.79 Å². The van der Waals surface area contributed by atoms with Crippen LogP contribution < -0.4 is 5.32 Å². The molecular weight excluding hydrogens is 372 g/mol. The molecule has 0 bridgehead atoms. The van der Waals surface area contributed by atoms with E-state index in [1.165, 1.54) is 6.07 Å². The standard InChI is InChI=1S/C13H7BrCl3NO/c14-10-6-8(16)2-4-12(10)18-13(19)9-5-7(15)1-3-11(9)17/h1-6H,(H,18,19). The summed E-state index contributed by atoms with van der Waals surface area (Å²) in [5.74, 6) is -0.337. The number of halogens is 4. The van der Waals surface area contributed by atoms with E-state index in [-0.39, 0.29) is 5.91 Å². The fourth-order valence-corrected chi connectivity index (χ4v) is 2.61. The zero-order chi connectivity index (χ0) is 14.0. The van der Waals surface area contributed by atoms with Crippen LogP contribution in [0.2, 0.25) is 15.1 Å². The number of rotatable bonds is 2. The first kappa shape index (κ1) is 14.7. The third-order valence-corrected chi connectivity index (χ3v) is 3.81. The van der Waals surface area contributed by atoms with Crippen molar-refractivity contribution in [2.45, 2.75) is 0 Å². The molecule has 0 atom stereocenters. The van der Waals surface area contributed by atoms with E-state index in [0.717, 1.165) is 0 Å². The molecule has 0 saturated carbocycles. The Morgan fingerprint density at radius 1 is 1.00 bits per heavy atom. The molecule has 1 amide bonds. The van der Waals surface area contributed by atoms with Gasteiger partial charge in [-0.1, -0.05) is 34.8 Å². The van der Waals surface area contributed by atoms with Crippen molar-refractivity contribution in [1.29, 1.82) is 0 Å². The lowest BCUT2D eigenvalue weighted by Crippen LogP contribution is -2.12. The molecule has 0 heterocycles. The molecule has 0 aromatic heterocycles. The molecule has 0 saturated heterocycles. The normalized spacial score (nSPS) is 10.3. The zero-order valence-electron chi connectivity index (χ0n) is 9.38. The van der Waals surface area contributed by atoms with Crippen molar-refractivity contribution in [3.8, 4) is 0 Å². The second-order valence-corrected chi connectivity index (χ2v) is 5.84. The van der Waals surface area contributed by atoms with Crippen LogP contribution in [-0.2, 0) is 0 Å². The van der Waals surface area contributed by atoms with E-state index >= 15 is 0 Å². The Hall–Kier alpha value is -0.740. The Morgan fingerprint density at radius 3 is 2.32 bits per heavy atom. The Labute approximate surface area is 133 Å². The summed E-state index contributed by atoms with van der Waals surface area (Å²) in [4.78, 5) is 12.1. The summed E-state index contributed by atoms with van der Waals surface area (Å²) in [7, 11) is 0. The maximum Gasteiger partial charge on any atom is 0.257 e. The Balaban J connectivity index is 2.28. The lowest BCUT2D eigenvalue weighted by atomic mass is 10.2. The summed E-state index contributed by atoms with van der Waals surface area (Å²) in [5.41, 5.74) is 0.918. The SMILES string of the molecule is O=C(Nc1ccc(Cl)cc1Br)c1cc(Cl)ccc1Cl. The van der Waals surface area contributed by atoms with Gasteiger partial charge in [-0.25, -0.2) is 0 Å². The van der Waals surface area contributed by atoms with Gasteiger partial charge in [0.2, 0.25) is 0 Å². The average molecular weight is 379 g/mol. The van der Waals surface area contributed by atoms with Crippen LogP contribution >= 0.6 is 50.7 Å². The predicted molar refractivity (Wildman–Crippen MR) is 83.6 cm³/mol. The van der Waals surface area contributed by atoms with Gasteiger partial charge < -0.3 is 5.32 Å². The number of hydrogen-bond acceptors (Lipinski definition) is 1. The largest absolute Gasteiger partial charge is 0.321 e. The van der Waals surface area contributed by atoms with E-state index in [1.54, 1.807) is 30.3 Å². The molecule has 2 aromatic carbocycles. The predicted octanol–water partition coefficient (Wildman–Crippen LogP) is 5.66. The van der Waals surface area contributed by atoms with Gasteiger partial charge in [-0.3, -0.25) is 4.79 Å². The zero-order valence-corrected chi connectivity index (χ0v) is 13.2. The monoisotopic (exact) mass is 377 g/mol. The molecule has 98 valence electrons. The number of amides is 1. The first-order chi connectivity index (χ1) is 8.97. The van der Waals surface area contributed by atoms with Crippen molar-refractivity contribution < 1.29 is 4.79 Å². The van der Waals surface area contributed by atoms with Crippen LogP contribution in [0.1, 0.15) is 10.4 Å². The fraction of sp³-hybridized carbons (Fsp3) is 0. The highest BCUT2D eigenvalue weighted by Gasteiger charge is 2.12. The van der Waals surface area contributed by atoms with Gasteiger partial charge in [0.15, 0.2) is 0 Å². The van der Waals surface area contributed by atoms with Gasteiger partial charge in [-0.15, -0.1) is 0 Å². The number of benzene rings is 2. The van der Waals surface area contributed by atoms with Gasteiger partial charge >= 0.3 is 0 Å². The Bertz CT molecular complexity index is 646. The van der Waals surface area contributed by atoms with Gasteiger partial charge in [0.25, 0.3) is 5.91 Å². The van der Waals surface area contributed by atoms with Crippen LogP contribution in [0.3, 0.4) is 0 Å². The third-order valence-electron chi connectivity index (χ3n) is 2.35. The minimum Gasteiger partial charge on any atom is -0.321 e. The maximum absolute atomic E-state index is 12.1. The smallest absolute Gasteiger partial charge is 0.257 e. The number of anilines is 1. The highest BCUT2D eigenvalue weighted by atomic mass is 79.9. The highest BCUT2D eigenvalue weighted by Crippen LogP contribution is 2.27.